The first-order chi connectivity index (χ1) is 28.6. The molecule has 0 atom stereocenters. The molecule has 56 heavy (non-hydrogen) atoms. The van der Waals surface area contributed by atoms with E-state index in [0.29, 0.717) is 17.0 Å². The molecule has 2 heterocycles. The maximum absolute atomic E-state index is 11.4. The molecule has 1 aliphatic carbocycles. The number of aromatic nitrogens is 3. The van der Waals surface area contributed by atoms with E-state index in [1.165, 1.54) is 22.3 Å². The molecule has 1 N–H and O–H groups in total. The Kier molecular flexibility index (Phi) is 7.07. The van der Waals surface area contributed by atoms with Crippen molar-refractivity contribution in [2.75, 3.05) is 0 Å². The Labute approximate surface area is 331 Å². The van der Waals surface area contributed by atoms with Crippen molar-refractivity contribution in [3.8, 4) is 78.6 Å². The predicted octanol–water partition coefficient (Wildman–Crippen LogP) is 13.1. The molecule has 4 nitrogen and oxygen atoms in total. The Hall–Kier alpha value is -7.04. The maximum atomic E-state index is 11.4. The number of aromatic hydroxyl groups is 1. The van der Waals surface area contributed by atoms with Crippen LogP contribution in [-0.4, -0.2) is 19.6 Å². The molecular formula is C52H39N3O. The van der Waals surface area contributed by atoms with Crippen LogP contribution in [0.25, 0.3) is 83.9 Å². The molecule has 0 bridgehead atoms. The van der Waals surface area contributed by atoms with Crippen LogP contribution in [0, 0.1) is 6.85 Å². The molecule has 4 heteroatoms. The number of phenolic OH excluding ortho intramolecular Hbond substituents is 1. The fourth-order valence-corrected chi connectivity index (χ4v) is 8.54. The van der Waals surface area contributed by atoms with Gasteiger partial charge in [-0.1, -0.05) is 141 Å². The molecule has 0 saturated heterocycles. The molecule has 0 fully saturated rings. The van der Waals surface area contributed by atoms with Gasteiger partial charge in [-0.05, 0) is 99.9 Å². The summed E-state index contributed by atoms with van der Waals surface area (Å²) in [5, 5.41) is 11.4. The van der Waals surface area contributed by atoms with Gasteiger partial charge in [-0.25, -0.2) is 4.98 Å². The molecule has 0 unspecified atom stereocenters. The van der Waals surface area contributed by atoms with Crippen molar-refractivity contribution in [2.45, 2.75) is 26.1 Å². The van der Waals surface area contributed by atoms with Gasteiger partial charge in [-0.3, -0.25) is 9.55 Å². The normalized spacial score (nSPS) is 13.8. The molecule has 0 spiro atoms. The highest BCUT2D eigenvalue weighted by Gasteiger charge is 2.38. The lowest BCUT2D eigenvalue weighted by Gasteiger charge is -2.23. The Bertz CT molecular complexity index is 3070. The van der Waals surface area contributed by atoms with Crippen molar-refractivity contribution >= 4 is 11.0 Å². The number of aryl methyl sites for hydroxylation is 1. The summed E-state index contributed by atoms with van der Waals surface area (Å²) in [6, 6.07) is 56.8. The number of benzene rings is 7. The number of fused-ring (bicyclic) bond motifs is 4. The van der Waals surface area contributed by atoms with Crippen molar-refractivity contribution in [1.82, 2.24) is 14.5 Å². The molecule has 268 valence electrons. The van der Waals surface area contributed by atoms with Gasteiger partial charge in [-0.15, -0.1) is 0 Å². The van der Waals surface area contributed by atoms with Gasteiger partial charge in [0.05, 0.1) is 28.0 Å². The van der Waals surface area contributed by atoms with Crippen molar-refractivity contribution in [2.24, 2.45) is 0 Å². The summed E-state index contributed by atoms with van der Waals surface area (Å²) in [6.07, 6.45) is 1.82. The van der Waals surface area contributed by atoms with E-state index in [0.717, 1.165) is 61.4 Å². The van der Waals surface area contributed by atoms with Crippen molar-refractivity contribution in [1.29, 1.82) is 0 Å². The van der Waals surface area contributed by atoms with Gasteiger partial charge in [0.1, 0.15) is 11.6 Å². The van der Waals surface area contributed by atoms with Crippen LogP contribution in [0.5, 0.6) is 5.75 Å². The summed E-state index contributed by atoms with van der Waals surface area (Å²) >= 11 is 0. The topological polar surface area (TPSA) is 50.9 Å². The van der Waals surface area contributed by atoms with Gasteiger partial charge < -0.3 is 5.11 Å². The van der Waals surface area contributed by atoms with Crippen LogP contribution in [0.4, 0.5) is 0 Å². The van der Waals surface area contributed by atoms with Crippen LogP contribution in [0.3, 0.4) is 0 Å². The number of imidazole rings is 1. The van der Waals surface area contributed by atoms with Gasteiger partial charge in [0.2, 0.25) is 0 Å². The van der Waals surface area contributed by atoms with Crippen LogP contribution in [0.15, 0.2) is 176 Å². The summed E-state index contributed by atoms with van der Waals surface area (Å²) in [5.74, 6) is 0.793. The second-order valence-electron chi connectivity index (χ2n) is 15.0. The highest BCUT2D eigenvalue weighted by Crippen LogP contribution is 2.54. The summed E-state index contributed by atoms with van der Waals surface area (Å²) in [5.41, 5.74) is 15.9. The third kappa shape index (κ3) is 5.37. The summed E-state index contributed by atoms with van der Waals surface area (Å²) in [7, 11) is 0. The minimum atomic E-state index is -2.17. The largest absolute Gasteiger partial charge is 0.507 e. The number of nitrogens with zero attached hydrogens (tertiary/aromatic N) is 3. The molecule has 0 saturated carbocycles. The fourth-order valence-electron chi connectivity index (χ4n) is 8.54. The highest BCUT2D eigenvalue weighted by molar-refractivity contribution is 6.04. The summed E-state index contributed by atoms with van der Waals surface area (Å²) < 4.78 is 25.7. The van der Waals surface area contributed by atoms with E-state index in [9.17, 15) is 5.11 Å². The summed E-state index contributed by atoms with van der Waals surface area (Å²) in [4.78, 5) is 10.4. The second-order valence-corrected chi connectivity index (χ2v) is 15.0. The number of pyridine rings is 1. The molecule has 10 rings (SSSR count). The molecule has 0 aliphatic heterocycles. The van der Waals surface area contributed by atoms with E-state index in [1.807, 2.05) is 66.9 Å². The molecule has 1 aliphatic rings. The van der Waals surface area contributed by atoms with Gasteiger partial charge in [-0.2, -0.15) is 0 Å². The SMILES string of the molecule is [2H]C([2H])([2H])c1ccc(-c2ccnc(-c3cc(-c4cccc5c4nc(-c4ccccc4O)n5-c4ccccc4-c4ccccc4)c4c(c3)C(C)(C)c3ccccc3-4)c2)cc1. The first kappa shape index (κ1) is 30.3. The van der Waals surface area contributed by atoms with Crippen molar-refractivity contribution < 1.29 is 9.22 Å². The Morgan fingerprint density at radius 3 is 2.07 bits per heavy atom. The smallest absolute Gasteiger partial charge is 0.149 e. The zero-order valence-corrected chi connectivity index (χ0v) is 31.0. The average Bonchev–Trinajstić information content (AvgIpc) is 3.76. The van der Waals surface area contributed by atoms with Gasteiger partial charge in [0.25, 0.3) is 0 Å². The van der Waals surface area contributed by atoms with E-state index >= 15 is 0 Å². The van der Waals surface area contributed by atoms with Crippen LogP contribution >= 0.6 is 0 Å². The van der Waals surface area contributed by atoms with Crippen molar-refractivity contribution in [3.05, 3.63) is 193 Å². The lowest BCUT2D eigenvalue weighted by molar-refractivity contribution is 0.477. The van der Waals surface area contributed by atoms with Crippen molar-refractivity contribution in [3.63, 3.8) is 0 Å². The lowest BCUT2D eigenvalue weighted by atomic mass is 9.80. The standard InChI is InChI=1S/C52H39N3O/c1-33-24-26-34(27-25-33)36-28-29-53-45(32-36)37-30-42(49-40-17-7-10-20-43(40)52(2,3)44(49)31-37)39-19-13-22-47-50(39)54-51(41-18-9-12-23-48(41)56)55(47)46-21-11-8-16-38(46)35-14-5-4-6-15-35/h4-32,56H,1-3H3/i1D3. The number of phenols is 1. The number of para-hydroxylation sites is 3. The van der Waals surface area contributed by atoms with Gasteiger partial charge >= 0.3 is 0 Å². The molecule has 7 aromatic carbocycles. The first-order valence-corrected chi connectivity index (χ1v) is 18.9. The van der Waals surface area contributed by atoms with Gasteiger partial charge in [0, 0.05) is 32.4 Å². The van der Waals surface area contributed by atoms with Crippen LogP contribution in [0.2, 0.25) is 0 Å². The van der Waals surface area contributed by atoms with E-state index in [1.54, 1.807) is 18.2 Å². The van der Waals surface area contributed by atoms with E-state index < -0.39 is 6.85 Å². The monoisotopic (exact) mass is 724 g/mol. The first-order valence-electron chi connectivity index (χ1n) is 20.4. The minimum absolute atomic E-state index is 0.153. The number of rotatable bonds is 6. The Morgan fingerprint density at radius 1 is 0.554 bits per heavy atom. The average molecular weight is 725 g/mol. The third-order valence-electron chi connectivity index (χ3n) is 11.3. The zero-order chi connectivity index (χ0) is 40.5. The number of hydrogen-bond donors (Lipinski definition) is 1. The number of hydrogen-bond acceptors (Lipinski definition) is 3. The second kappa shape index (κ2) is 13.1. The van der Waals surface area contributed by atoms with Crippen LogP contribution in [0.1, 0.15) is 34.7 Å². The van der Waals surface area contributed by atoms with Crippen LogP contribution in [-0.2, 0) is 5.41 Å². The quantitative estimate of drug-likeness (QED) is 0.186. The zero-order valence-electron chi connectivity index (χ0n) is 34.0. The van der Waals surface area contributed by atoms with Gasteiger partial charge in [0.15, 0.2) is 0 Å². The molecule has 0 amide bonds. The molecule has 9 aromatic rings. The minimum Gasteiger partial charge on any atom is -0.507 e. The lowest BCUT2D eigenvalue weighted by Crippen LogP contribution is -2.15. The van der Waals surface area contributed by atoms with E-state index in [4.69, 9.17) is 14.1 Å². The van der Waals surface area contributed by atoms with E-state index in [-0.39, 0.29) is 11.2 Å². The molecular weight excluding hydrogens is 683 g/mol. The summed E-state index contributed by atoms with van der Waals surface area (Å²) in [6.45, 7) is 2.40. The third-order valence-corrected chi connectivity index (χ3v) is 11.3. The highest BCUT2D eigenvalue weighted by atomic mass is 16.3. The predicted molar refractivity (Wildman–Crippen MR) is 230 cm³/mol. The van der Waals surface area contributed by atoms with Crippen LogP contribution < -0.4 is 0 Å². The fraction of sp³-hybridized carbons (Fsp3) is 0.0769. The molecule has 0 radical (unpaired) electrons. The maximum Gasteiger partial charge on any atom is 0.149 e. The Morgan fingerprint density at radius 2 is 1.27 bits per heavy atom. The van der Waals surface area contributed by atoms with E-state index in [2.05, 4.69) is 109 Å². The molecule has 2 aromatic heterocycles. The Balaban J connectivity index is 1.24.